The molecule has 0 amide bonds. The van der Waals surface area contributed by atoms with Crippen LogP contribution in [0, 0.1) is 13.8 Å². The topological polar surface area (TPSA) is 29.1 Å². The highest BCUT2D eigenvalue weighted by Gasteiger charge is 2.27. The maximum absolute atomic E-state index is 12.4. The first-order chi connectivity index (χ1) is 8.58. The van der Waals surface area contributed by atoms with Gasteiger partial charge in [-0.15, -0.1) is 0 Å². The Morgan fingerprint density at radius 2 is 1.89 bits per heavy atom. The van der Waals surface area contributed by atoms with E-state index in [0.717, 1.165) is 12.8 Å². The number of aryl methyl sites for hydroxylation is 2. The number of hydrogen-bond acceptors (Lipinski definition) is 2. The Balaban J connectivity index is 1.99. The summed E-state index contributed by atoms with van der Waals surface area (Å²) in [5.41, 5.74) is 3.75. The van der Waals surface area contributed by atoms with Gasteiger partial charge in [-0.25, -0.2) is 0 Å². The van der Waals surface area contributed by atoms with Crippen molar-refractivity contribution in [3.63, 3.8) is 0 Å². The van der Waals surface area contributed by atoms with Crippen LogP contribution in [0.5, 0.6) is 0 Å². The molecule has 1 N–H and O–H groups in total. The van der Waals surface area contributed by atoms with Gasteiger partial charge in [0.15, 0.2) is 0 Å². The van der Waals surface area contributed by atoms with Crippen molar-refractivity contribution < 1.29 is 4.21 Å². The fraction of sp³-hybridized carbons (Fsp3) is 0.600. The molecule has 1 fully saturated rings. The largest absolute Gasteiger partial charge is 0.317 e. The van der Waals surface area contributed by atoms with Crippen molar-refractivity contribution in [3.8, 4) is 0 Å². The molecule has 18 heavy (non-hydrogen) atoms. The van der Waals surface area contributed by atoms with Gasteiger partial charge in [0.05, 0.1) is 0 Å². The Labute approximate surface area is 113 Å². The first-order valence-electron chi connectivity index (χ1n) is 6.70. The second kappa shape index (κ2) is 5.98. The molecule has 0 radical (unpaired) electrons. The molecule has 0 heterocycles. The van der Waals surface area contributed by atoms with E-state index in [1.807, 2.05) is 7.05 Å². The van der Waals surface area contributed by atoms with E-state index >= 15 is 0 Å². The van der Waals surface area contributed by atoms with E-state index in [1.165, 1.54) is 23.1 Å². The van der Waals surface area contributed by atoms with Crippen LogP contribution in [0.2, 0.25) is 0 Å². The van der Waals surface area contributed by atoms with Gasteiger partial charge in [0, 0.05) is 27.8 Å². The van der Waals surface area contributed by atoms with Crippen molar-refractivity contribution in [1.29, 1.82) is 0 Å². The van der Waals surface area contributed by atoms with Crippen LogP contribution in [0.3, 0.4) is 0 Å². The van der Waals surface area contributed by atoms with E-state index < -0.39 is 10.8 Å². The minimum atomic E-state index is -0.725. The van der Waals surface area contributed by atoms with E-state index in [1.54, 1.807) is 0 Å². The standard InChI is InChI=1S/C15H23NOS/c1-11-6-12(2)8-13(7-11)10-18(17)15-5-4-14(9-15)16-3/h6-8,14-16H,4-5,9-10H2,1-3H3. The third-order valence-corrected chi connectivity index (χ3v) is 5.54. The van der Waals surface area contributed by atoms with Gasteiger partial charge < -0.3 is 5.32 Å². The van der Waals surface area contributed by atoms with Gasteiger partial charge in [-0.05, 0) is 45.7 Å². The summed E-state index contributed by atoms with van der Waals surface area (Å²) in [4.78, 5) is 0. The molecule has 0 aliphatic heterocycles. The van der Waals surface area contributed by atoms with E-state index in [9.17, 15) is 4.21 Å². The normalized spacial score (nSPS) is 25.3. The predicted molar refractivity (Wildman–Crippen MR) is 78.2 cm³/mol. The predicted octanol–water partition coefficient (Wildman–Crippen LogP) is 2.69. The quantitative estimate of drug-likeness (QED) is 0.907. The smallest absolute Gasteiger partial charge is 0.0488 e. The first-order valence-corrected chi connectivity index (χ1v) is 8.08. The van der Waals surface area contributed by atoms with Gasteiger partial charge in [-0.1, -0.05) is 29.3 Å². The lowest BCUT2D eigenvalue weighted by molar-refractivity contribution is 0.581. The fourth-order valence-corrected chi connectivity index (χ4v) is 4.45. The summed E-state index contributed by atoms with van der Waals surface area (Å²) in [6.45, 7) is 4.21. The minimum Gasteiger partial charge on any atom is -0.317 e. The molecule has 0 saturated heterocycles. The molecule has 2 rings (SSSR count). The zero-order valence-electron chi connectivity index (χ0n) is 11.5. The molecule has 1 aromatic carbocycles. The summed E-state index contributed by atoms with van der Waals surface area (Å²) in [6.07, 6.45) is 3.33. The molecule has 3 unspecified atom stereocenters. The van der Waals surface area contributed by atoms with Crippen molar-refractivity contribution >= 4 is 10.8 Å². The highest BCUT2D eigenvalue weighted by molar-refractivity contribution is 7.84. The molecule has 3 heteroatoms. The second-order valence-corrected chi connectivity index (χ2v) is 7.16. The van der Waals surface area contributed by atoms with Gasteiger partial charge in [0.2, 0.25) is 0 Å². The first kappa shape index (κ1) is 13.8. The summed E-state index contributed by atoms with van der Waals surface area (Å²) in [7, 11) is 1.27. The number of hydrogen-bond donors (Lipinski definition) is 1. The average Bonchev–Trinajstić information content (AvgIpc) is 2.75. The summed E-state index contributed by atoms with van der Waals surface area (Å²) in [5, 5.41) is 3.67. The zero-order chi connectivity index (χ0) is 13.1. The highest BCUT2D eigenvalue weighted by atomic mass is 32.2. The van der Waals surface area contributed by atoms with Crippen molar-refractivity contribution in [2.75, 3.05) is 7.05 Å². The van der Waals surface area contributed by atoms with Crippen LogP contribution >= 0.6 is 0 Å². The molecule has 1 aliphatic carbocycles. The van der Waals surface area contributed by atoms with Crippen LogP contribution in [0.15, 0.2) is 18.2 Å². The third kappa shape index (κ3) is 3.42. The summed E-state index contributed by atoms with van der Waals surface area (Å²) >= 11 is 0. The highest BCUT2D eigenvalue weighted by Crippen LogP contribution is 2.25. The molecule has 3 atom stereocenters. The summed E-state index contributed by atoms with van der Waals surface area (Å²) in [6, 6.07) is 7.06. The lowest BCUT2D eigenvalue weighted by Crippen LogP contribution is -2.23. The van der Waals surface area contributed by atoms with E-state index in [4.69, 9.17) is 0 Å². The third-order valence-electron chi connectivity index (χ3n) is 3.75. The van der Waals surface area contributed by atoms with Crippen molar-refractivity contribution in [2.24, 2.45) is 0 Å². The lowest BCUT2D eigenvalue weighted by atomic mass is 10.1. The lowest BCUT2D eigenvalue weighted by Gasteiger charge is -2.11. The SMILES string of the molecule is CNC1CCC(S(=O)Cc2cc(C)cc(C)c2)C1. The zero-order valence-corrected chi connectivity index (χ0v) is 12.3. The minimum absolute atomic E-state index is 0.378. The van der Waals surface area contributed by atoms with Crippen LogP contribution in [-0.2, 0) is 16.6 Å². The van der Waals surface area contributed by atoms with E-state index in [0.29, 0.717) is 17.0 Å². The van der Waals surface area contributed by atoms with Gasteiger partial charge >= 0.3 is 0 Å². The van der Waals surface area contributed by atoms with Crippen LogP contribution in [0.1, 0.15) is 36.0 Å². The molecule has 0 bridgehead atoms. The molecule has 100 valence electrons. The van der Waals surface area contributed by atoms with Crippen LogP contribution in [0.25, 0.3) is 0 Å². The molecule has 1 aliphatic rings. The second-order valence-electron chi connectivity index (χ2n) is 5.44. The Morgan fingerprint density at radius 3 is 2.44 bits per heavy atom. The molecular weight excluding hydrogens is 242 g/mol. The number of nitrogens with one attached hydrogen (secondary N) is 1. The van der Waals surface area contributed by atoms with E-state index in [2.05, 4.69) is 37.4 Å². The maximum atomic E-state index is 12.4. The molecule has 1 aromatic rings. The average molecular weight is 265 g/mol. The maximum Gasteiger partial charge on any atom is 0.0488 e. The van der Waals surface area contributed by atoms with Crippen molar-refractivity contribution in [1.82, 2.24) is 5.32 Å². The summed E-state index contributed by atoms with van der Waals surface area (Å²) < 4.78 is 12.4. The van der Waals surface area contributed by atoms with Crippen LogP contribution in [-0.4, -0.2) is 22.5 Å². The Kier molecular flexibility index (Phi) is 4.57. The molecule has 0 spiro atoms. The van der Waals surface area contributed by atoms with Crippen molar-refractivity contribution in [2.45, 2.75) is 50.2 Å². The fourth-order valence-electron chi connectivity index (χ4n) is 2.88. The Bertz CT molecular complexity index is 424. The Morgan fingerprint density at radius 1 is 1.22 bits per heavy atom. The van der Waals surface area contributed by atoms with Gasteiger partial charge in [0.25, 0.3) is 0 Å². The number of benzene rings is 1. The Hall–Kier alpha value is -0.670. The van der Waals surface area contributed by atoms with Gasteiger partial charge in [-0.2, -0.15) is 0 Å². The van der Waals surface area contributed by atoms with E-state index in [-0.39, 0.29) is 0 Å². The van der Waals surface area contributed by atoms with Crippen LogP contribution < -0.4 is 5.32 Å². The molecule has 2 nitrogen and oxygen atoms in total. The molecular formula is C15H23NOS. The molecule has 1 saturated carbocycles. The van der Waals surface area contributed by atoms with Gasteiger partial charge in [-0.3, -0.25) is 4.21 Å². The van der Waals surface area contributed by atoms with Gasteiger partial charge in [0.1, 0.15) is 0 Å². The summed E-state index contributed by atoms with van der Waals surface area (Å²) in [5.74, 6) is 0.712. The monoisotopic (exact) mass is 265 g/mol. The molecule has 0 aromatic heterocycles. The number of rotatable bonds is 4. The van der Waals surface area contributed by atoms with Crippen molar-refractivity contribution in [3.05, 3.63) is 34.9 Å². The van der Waals surface area contributed by atoms with Crippen LogP contribution in [0.4, 0.5) is 0 Å².